The van der Waals surface area contributed by atoms with Gasteiger partial charge in [0.15, 0.2) is 0 Å². The number of pyridine rings is 1. The van der Waals surface area contributed by atoms with Crippen molar-refractivity contribution in [2.45, 2.75) is 13.3 Å². The van der Waals surface area contributed by atoms with Gasteiger partial charge in [0.1, 0.15) is 11.5 Å². The molecule has 0 bridgehead atoms. The highest BCUT2D eigenvalue weighted by molar-refractivity contribution is 8.00. The molecule has 0 saturated carbocycles. The lowest BCUT2D eigenvalue weighted by Crippen LogP contribution is -2.15. The third-order valence-corrected chi connectivity index (χ3v) is 3.82. The lowest BCUT2D eigenvalue weighted by atomic mass is 10.0. The first kappa shape index (κ1) is 11.5. The summed E-state index contributed by atoms with van der Waals surface area (Å²) in [6.45, 7) is 1.94. The SMILES string of the molecule is COc1cc(C)nc(CC2CSCC2=O)c1. The quantitative estimate of drug-likeness (QED) is 0.804. The van der Waals surface area contributed by atoms with Crippen molar-refractivity contribution in [3.63, 3.8) is 0 Å². The van der Waals surface area contributed by atoms with Gasteiger partial charge in [-0.15, -0.1) is 0 Å². The molecule has 3 nitrogen and oxygen atoms in total. The molecule has 0 aromatic carbocycles. The maximum atomic E-state index is 11.5. The maximum Gasteiger partial charge on any atom is 0.147 e. The number of carbonyl (C=O) groups is 1. The second-order valence-corrected chi connectivity index (χ2v) is 5.05. The van der Waals surface area contributed by atoms with Crippen molar-refractivity contribution in [2.24, 2.45) is 5.92 Å². The van der Waals surface area contributed by atoms with Gasteiger partial charge >= 0.3 is 0 Å². The first-order chi connectivity index (χ1) is 7.69. The normalized spacial score (nSPS) is 20.1. The molecule has 1 aliphatic rings. The van der Waals surface area contributed by atoms with E-state index in [0.29, 0.717) is 11.5 Å². The lowest BCUT2D eigenvalue weighted by Gasteiger charge is -2.09. The molecule has 1 saturated heterocycles. The van der Waals surface area contributed by atoms with Crippen molar-refractivity contribution >= 4 is 17.5 Å². The van der Waals surface area contributed by atoms with Gasteiger partial charge in [-0.05, 0) is 6.92 Å². The van der Waals surface area contributed by atoms with E-state index in [-0.39, 0.29) is 5.92 Å². The van der Waals surface area contributed by atoms with Gasteiger partial charge < -0.3 is 4.74 Å². The maximum absolute atomic E-state index is 11.5. The second-order valence-electron chi connectivity index (χ2n) is 4.02. The molecular weight excluding hydrogens is 222 g/mol. The van der Waals surface area contributed by atoms with Gasteiger partial charge in [-0.25, -0.2) is 0 Å². The first-order valence-corrected chi connectivity index (χ1v) is 6.46. The molecule has 1 atom stereocenters. The fourth-order valence-electron chi connectivity index (χ4n) is 1.86. The van der Waals surface area contributed by atoms with Crippen molar-refractivity contribution in [1.82, 2.24) is 4.98 Å². The standard InChI is InChI=1S/C12H15NO2S/c1-8-3-11(15-2)5-10(13-8)4-9-6-16-7-12(9)14/h3,5,9H,4,6-7H2,1-2H3. The van der Waals surface area contributed by atoms with Crippen molar-refractivity contribution in [1.29, 1.82) is 0 Å². The van der Waals surface area contributed by atoms with E-state index in [1.54, 1.807) is 18.9 Å². The highest BCUT2D eigenvalue weighted by Gasteiger charge is 2.25. The number of aromatic nitrogens is 1. The summed E-state index contributed by atoms with van der Waals surface area (Å²) in [4.78, 5) is 16.0. The van der Waals surface area contributed by atoms with E-state index in [9.17, 15) is 4.79 Å². The minimum absolute atomic E-state index is 0.143. The molecule has 1 aliphatic heterocycles. The van der Waals surface area contributed by atoms with Gasteiger partial charge in [0.2, 0.25) is 0 Å². The summed E-state index contributed by atoms with van der Waals surface area (Å²) in [5.41, 5.74) is 1.89. The molecule has 1 fully saturated rings. The smallest absolute Gasteiger partial charge is 0.147 e. The molecule has 0 radical (unpaired) electrons. The Kier molecular flexibility index (Phi) is 3.49. The van der Waals surface area contributed by atoms with Gasteiger partial charge in [-0.1, -0.05) is 0 Å². The summed E-state index contributed by atoms with van der Waals surface area (Å²) in [7, 11) is 1.65. The Morgan fingerprint density at radius 3 is 3.00 bits per heavy atom. The number of carbonyl (C=O) groups excluding carboxylic acids is 1. The molecule has 16 heavy (non-hydrogen) atoms. The zero-order chi connectivity index (χ0) is 11.5. The van der Waals surface area contributed by atoms with E-state index in [0.717, 1.165) is 29.3 Å². The van der Waals surface area contributed by atoms with E-state index in [2.05, 4.69) is 4.98 Å². The van der Waals surface area contributed by atoms with Crippen LogP contribution in [-0.2, 0) is 11.2 Å². The van der Waals surface area contributed by atoms with E-state index in [1.807, 2.05) is 19.1 Å². The summed E-state index contributed by atoms with van der Waals surface area (Å²) in [5, 5.41) is 0. The van der Waals surface area contributed by atoms with E-state index < -0.39 is 0 Å². The molecular formula is C12H15NO2S. The van der Waals surface area contributed by atoms with Gasteiger partial charge in [0.05, 0.1) is 12.9 Å². The van der Waals surface area contributed by atoms with Crippen LogP contribution in [0.1, 0.15) is 11.4 Å². The fraction of sp³-hybridized carbons (Fsp3) is 0.500. The number of methoxy groups -OCH3 is 1. The van der Waals surface area contributed by atoms with Crippen LogP contribution in [0.4, 0.5) is 0 Å². The molecule has 1 unspecified atom stereocenters. The monoisotopic (exact) mass is 237 g/mol. The number of rotatable bonds is 3. The van der Waals surface area contributed by atoms with Crippen molar-refractivity contribution in [2.75, 3.05) is 18.6 Å². The van der Waals surface area contributed by atoms with Crippen molar-refractivity contribution in [3.8, 4) is 5.75 Å². The Morgan fingerprint density at radius 1 is 1.56 bits per heavy atom. The highest BCUT2D eigenvalue weighted by atomic mass is 32.2. The van der Waals surface area contributed by atoms with Crippen LogP contribution in [0.25, 0.3) is 0 Å². The minimum atomic E-state index is 0.143. The summed E-state index contributed by atoms with van der Waals surface area (Å²) in [6.07, 6.45) is 0.740. The predicted molar refractivity (Wildman–Crippen MR) is 65.1 cm³/mol. The third kappa shape index (κ3) is 2.55. The number of ether oxygens (including phenoxy) is 1. The van der Waals surface area contributed by atoms with Crippen LogP contribution < -0.4 is 4.74 Å². The molecule has 0 amide bonds. The molecule has 1 aromatic rings. The predicted octanol–water partition coefficient (Wildman–Crippen LogP) is 1.87. The molecule has 0 N–H and O–H groups in total. The van der Waals surface area contributed by atoms with Crippen LogP contribution in [0, 0.1) is 12.8 Å². The molecule has 86 valence electrons. The van der Waals surface area contributed by atoms with Crippen molar-refractivity contribution in [3.05, 3.63) is 23.5 Å². The Hall–Kier alpha value is -1.03. The molecule has 2 heterocycles. The van der Waals surface area contributed by atoms with Crippen LogP contribution in [0.3, 0.4) is 0 Å². The van der Waals surface area contributed by atoms with Crippen molar-refractivity contribution < 1.29 is 9.53 Å². The Balaban J connectivity index is 2.14. The average molecular weight is 237 g/mol. The average Bonchev–Trinajstić information content (AvgIpc) is 2.63. The Labute approximate surface area is 99.6 Å². The Morgan fingerprint density at radius 2 is 2.38 bits per heavy atom. The van der Waals surface area contributed by atoms with Crippen LogP contribution >= 0.6 is 11.8 Å². The number of nitrogens with zero attached hydrogens (tertiary/aromatic N) is 1. The topological polar surface area (TPSA) is 39.2 Å². The summed E-state index contributed by atoms with van der Waals surface area (Å²) < 4.78 is 5.20. The number of aryl methyl sites for hydroxylation is 1. The van der Waals surface area contributed by atoms with Crippen LogP contribution in [-0.4, -0.2) is 29.4 Å². The van der Waals surface area contributed by atoms with Crippen LogP contribution in [0.5, 0.6) is 5.75 Å². The second kappa shape index (κ2) is 4.87. The number of hydrogen-bond acceptors (Lipinski definition) is 4. The molecule has 2 rings (SSSR count). The zero-order valence-corrected chi connectivity index (χ0v) is 10.3. The fourth-order valence-corrected chi connectivity index (χ4v) is 3.01. The highest BCUT2D eigenvalue weighted by Crippen LogP contribution is 2.24. The summed E-state index contributed by atoms with van der Waals surface area (Å²) in [5.74, 6) is 2.90. The first-order valence-electron chi connectivity index (χ1n) is 5.31. The number of Topliss-reactive ketones (excluding diaryl/α,β-unsaturated/α-hetero) is 1. The van der Waals surface area contributed by atoms with Gasteiger partial charge in [-0.3, -0.25) is 9.78 Å². The van der Waals surface area contributed by atoms with Crippen LogP contribution in [0.2, 0.25) is 0 Å². The number of ketones is 1. The number of hydrogen-bond donors (Lipinski definition) is 0. The molecule has 0 aliphatic carbocycles. The van der Waals surface area contributed by atoms with E-state index in [1.165, 1.54) is 0 Å². The van der Waals surface area contributed by atoms with Crippen LogP contribution in [0.15, 0.2) is 12.1 Å². The molecule has 0 spiro atoms. The van der Waals surface area contributed by atoms with Gasteiger partial charge in [0, 0.05) is 41.6 Å². The Bertz CT molecular complexity index is 406. The minimum Gasteiger partial charge on any atom is -0.497 e. The van der Waals surface area contributed by atoms with Gasteiger partial charge in [0.25, 0.3) is 0 Å². The third-order valence-electron chi connectivity index (χ3n) is 2.69. The number of thioether (sulfide) groups is 1. The lowest BCUT2D eigenvalue weighted by molar-refractivity contribution is -0.119. The van der Waals surface area contributed by atoms with E-state index >= 15 is 0 Å². The zero-order valence-electron chi connectivity index (χ0n) is 9.53. The summed E-state index contributed by atoms with van der Waals surface area (Å²) >= 11 is 1.72. The molecule has 4 heteroatoms. The molecule has 1 aromatic heterocycles. The van der Waals surface area contributed by atoms with E-state index in [4.69, 9.17) is 4.74 Å². The summed E-state index contributed by atoms with van der Waals surface area (Å²) in [6, 6.07) is 3.82. The van der Waals surface area contributed by atoms with Gasteiger partial charge in [-0.2, -0.15) is 11.8 Å². The largest absolute Gasteiger partial charge is 0.497 e.